The maximum atomic E-state index is 12.4. The lowest BCUT2D eigenvalue weighted by molar-refractivity contribution is 0.0950. The van der Waals surface area contributed by atoms with Gasteiger partial charge in [0.1, 0.15) is 11.4 Å². The summed E-state index contributed by atoms with van der Waals surface area (Å²) in [6, 6.07) is 17.3. The fraction of sp³-hybridized carbons (Fsp3) is 0.0952. The molecule has 0 saturated heterocycles. The maximum Gasteiger partial charge on any atom is 0.251 e. The zero-order valence-electron chi connectivity index (χ0n) is 15.2. The standard InChI is InChI=1S/C21H18N4O2S/c1-27-20-4-2-3-17(11-20)15-5-7-16(8-6-15)21(26)22-12-18-13-25(24-23-18)19-9-10-28-14-19/h2-11,13-14H,12H2,1H3,(H,22,26). The Kier molecular flexibility index (Phi) is 5.16. The van der Waals surface area contributed by atoms with Crippen LogP contribution in [-0.4, -0.2) is 28.0 Å². The van der Waals surface area contributed by atoms with Crippen molar-refractivity contribution in [3.8, 4) is 22.6 Å². The molecule has 7 heteroatoms. The fourth-order valence-corrected chi connectivity index (χ4v) is 3.41. The van der Waals surface area contributed by atoms with Crippen molar-refractivity contribution in [3.05, 3.63) is 82.8 Å². The first-order chi connectivity index (χ1) is 13.7. The van der Waals surface area contributed by atoms with Crippen LogP contribution in [-0.2, 0) is 6.54 Å². The van der Waals surface area contributed by atoms with Crippen LogP contribution >= 0.6 is 11.3 Å². The highest BCUT2D eigenvalue weighted by molar-refractivity contribution is 7.08. The number of ether oxygens (including phenoxy) is 1. The van der Waals surface area contributed by atoms with Gasteiger partial charge in [-0.15, -0.1) is 5.10 Å². The number of hydrogen-bond acceptors (Lipinski definition) is 5. The molecular weight excluding hydrogens is 372 g/mol. The Bertz CT molecular complexity index is 1070. The van der Waals surface area contributed by atoms with E-state index in [0.717, 1.165) is 22.6 Å². The smallest absolute Gasteiger partial charge is 0.251 e. The number of thiophene rings is 1. The van der Waals surface area contributed by atoms with E-state index in [1.807, 2.05) is 71.6 Å². The highest BCUT2D eigenvalue weighted by Gasteiger charge is 2.09. The molecule has 4 rings (SSSR count). The van der Waals surface area contributed by atoms with Gasteiger partial charge in [0.25, 0.3) is 5.91 Å². The lowest BCUT2D eigenvalue weighted by Crippen LogP contribution is -2.22. The van der Waals surface area contributed by atoms with Crippen molar-refractivity contribution < 1.29 is 9.53 Å². The monoisotopic (exact) mass is 390 g/mol. The normalized spacial score (nSPS) is 10.6. The first kappa shape index (κ1) is 17.9. The van der Waals surface area contributed by atoms with Gasteiger partial charge >= 0.3 is 0 Å². The molecule has 6 nitrogen and oxygen atoms in total. The molecule has 0 radical (unpaired) electrons. The molecule has 0 bridgehead atoms. The second-order valence-corrected chi connectivity index (χ2v) is 6.91. The van der Waals surface area contributed by atoms with Gasteiger partial charge in [0.05, 0.1) is 25.5 Å². The van der Waals surface area contributed by atoms with E-state index >= 15 is 0 Å². The van der Waals surface area contributed by atoms with Crippen molar-refractivity contribution in [2.45, 2.75) is 6.54 Å². The molecule has 0 aliphatic carbocycles. The quantitative estimate of drug-likeness (QED) is 0.542. The highest BCUT2D eigenvalue weighted by atomic mass is 32.1. The number of methoxy groups -OCH3 is 1. The minimum atomic E-state index is -0.151. The van der Waals surface area contributed by atoms with Gasteiger partial charge in [0.2, 0.25) is 0 Å². The molecule has 0 atom stereocenters. The van der Waals surface area contributed by atoms with Crippen LogP contribution in [0.4, 0.5) is 0 Å². The number of aromatic nitrogens is 3. The predicted molar refractivity (Wildman–Crippen MR) is 109 cm³/mol. The number of nitrogens with one attached hydrogen (secondary N) is 1. The zero-order valence-corrected chi connectivity index (χ0v) is 16.0. The number of carbonyl (C=O) groups is 1. The molecule has 2 aromatic carbocycles. The highest BCUT2D eigenvalue weighted by Crippen LogP contribution is 2.24. The largest absolute Gasteiger partial charge is 0.497 e. The first-order valence-corrected chi connectivity index (χ1v) is 9.64. The molecule has 2 heterocycles. The molecule has 28 heavy (non-hydrogen) atoms. The van der Waals surface area contributed by atoms with Crippen LogP contribution in [0.3, 0.4) is 0 Å². The van der Waals surface area contributed by atoms with Gasteiger partial charge in [-0.3, -0.25) is 4.79 Å². The van der Waals surface area contributed by atoms with E-state index < -0.39 is 0 Å². The summed E-state index contributed by atoms with van der Waals surface area (Å²) in [5.74, 6) is 0.650. The molecule has 0 aliphatic rings. The molecule has 0 unspecified atom stereocenters. The summed E-state index contributed by atoms with van der Waals surface area (Å²) in [6.07, 6.45) is 1.81. The third-order valence-corrected chi connectivity index (χ3v) is 4.96. The van der Waals surface area contributed by atoms with E-state index in [1.165, 1.54) is 0 Å². The van der Waals surface area contributed by atoms with Crippen LogP contribution < -0.4 is 10.1 Å². The Hall–Kier alpha value is -3.45. The van der Waals surface area contributed by atoms with Crippen LogP contribution in [0.2, 0.25) is 0 Å². The molecule has 0 aliphatic heterocycles. The van der Waals surface area contributed by atoms with E-state index in [1.54, 1.807) is 23.1 Å². The van der Waals surface area contributed by atoms with E-state index in [4.69, 9.17) is 4.74 Å². The Labute approximate surface area is 166 Å². The van der Waals surface area contributed by atoms with Crippen LogP contribution in [0.15, 0.2) is 71.6 Å². The van der Waals surface area contributed by atoms with Gasteiger partial charge in [-0.25, -0.2) is 4.68 Å². The summed E-state index contributed by atoms with van der Waals surface area (Å²) in [4.78, 5) is 12.4. The van der Waals surface area contributed by atoms with Gasteiger partial charge in [0.15, 0.2) is 0 Å². The minimum absolute atomic E-state index is 0.151. The maximum absolute atomic E-state index is 12.4. The summed E-state index contributed by atoms with van der Waals surface area (Å²) < 4.78 is 6.96. The van der Waals surface area contributed by atoms with Crippen molar-refractivity contribution in [1.29, 1.82) is 0 Å². The second kappa shape index (κ2) is 8.06. The van der Waals surface area contributed by atoms with Crippen LogP contribution in [0.1, 0.15) is 16.1 Å². The van der Waals surface area contributed by atoms with Crippen molar-refractivity contribution in [2.24, 2.45) is 0 Å². The number of rotatable bonds is 6. The molecular formula is C21H18N4O2S. The molecule has 4 aromatic rings. The lowest BCUT2D eigenvalue weighted by atomic mass is 10.0. The minimum Gasteiger partial charge on any atom is -0.497 e. The van der Waals surface area contributed by atoms with Gasteiger partial charge in [0, 0.05) is 10.9 Å². The van der Waals surface area contributed by atoms with Crippen LogP contribution in [0.25, 0.3) is 16.8 Å². The Balaban J connectivity index is 1.40. The molecule has 0 saturated carbocycles. The molecule has 0 fully saturated rings. The average molecular weight is 390 g/mol. The SMILES string of the molecule is COc1cccc(-c2ccc(C(=O)NCc3cn(-c4ccsc4)nn3)cc2)c1. The van der Waals surface area contributed by atoms with Crippen molar-refractivity contribution in [2.75, 3.05) is 7.11 Å². The van der Waals surface area contributed by atoms with Gasteiger partial charge < -0.3 is 10.1 Å². The van der Waals surface area contributed by atoms with Crippen molar-refractivity contribution in [1.82, 2.24) is 20.3 Å². The molecule has 2 aromatic heterocycles. The Morgan fingerprint density at radius 3 is 2.75 bits per heavy atom. The number of hydrogen-bond donors (Lipinski definition) is 1. The number of benzene rings is 2. The number of amides is 1. The van der Waals surface area contributed by atoms with E-state index in [-0.39, 0.29) is 5.91 Å². The summed E-state index contributed by atoms with van der Waals surface area (Å²) in [5.41, 5.74) is 4.32. The molecule has 1 amide bonds. The number of nitrogens with zero attached hydrogens (tertiary/aromatic N) is 3. The topological polar surface area (TPSA) is 69.0 Å². The predicted octanol–water partition coefficient (Wildman–Crippen LogP) is 3.93. The first-order valence-electron chi connectivity index (χ1n) is 8.69. The summed E-state index contributed by atoms with van der Waals surface area (Å²) in [6.45, 7) is 0.320. The second-order valence-electron chi connectivity index (χ2n) is 6.13. The van der Waals surface area contributed by atoms with E-state index in [0.29, 0.717) is 17.8 Å². The van der Waals surface area contributed by atoms with E-state index in [2.05, 4.69) is 15.6 Å². The zero-order chi connectivity index (χ0) is 19.3. The van der Waals surface area contributed by atoms with Crippen LogP contribution in [0, 0.1) is 0 Å². The molecule has 0 spiro atoms. The Morgan fingerprint density at radius 2 is 2.00 bits per heavy atom. The lowest BCUT2D eigenvalue weighted by Gasteiger charge is -2.07. The van der Waals surface area contributed by atoms with E-state index in [9.17, 15) is 4.79 Å². The number of carbonyl (C=O) groups excluding carboxylic acids is 1. The third kappa shape index (κ3) is 3.94. The summed E-state index contributed by atoms with van der Waals surface area (Å²) >= 11 is 1.60. The van der Waals surface area contributed by atoms with Crippen molar-refractivity contribution in [3.63, 3.8) is 0 Å². The third-order valence-electron chi connectivity index (χ3n) is 4.29. The van der Waals surface area contributed by atoms with Crippen LogP contribution in [0.5, 0.6) is 5.75 Å². The van der Waals surface area contributed by atoms with Gasteiger partial charge in [-0.05, 0) is 46.8 Å². The average Bonchev–Trinajstić information content (AvgIpc) is 3.44. The summed E-state index contributed by atoms with van der Waals surface area (Å²) in [7, 11) is 1.64. The fourth-order valence-electron chi connectivity index (χ4n) is 2.78. The Morgan fingerprint density at radius 1 is 1.14 bits per heavy atom. The molecule has 1 N–H and O–H groups in total. The van der Waals surface area contributed by atoms with Gasteiger partial charge in [-0.2, -0.15) is 11.3 Å². The molecule has 140 valence electrons. The van der Waals surface area contributed by atoms with Crippen molar-refractivity contribution >= 4 is 17.2 Å². The summed E-state index contributed by atoms with van der Waals surface area (Å²) in [5, 5.41) is 15.0. The van der Waals surface area contributed by atoms with Gasteiger partial charge in [-0.1, -0.05) is 29.5 Å².